The van der Waals surface area contributed by atoms with E-state index in [4.69, 9.17) is 0 Å². The van der Waals surface area contributed by atoms with Crippen LogP contribution in [0.15, 0.2) is 15.7 Å². The van der Waals surface area contributed by atoms with Gasteiger partial charge in [-0.15, -0.1) is 0 Å². The Morgan fingerprint density at radius 3 is 2.29 bits per heavy atom. The largest absolute Gasteiger partial charge is 0.332 e. The third kappa shape index (κ3) is 1.44. The van der Waals surface area contributed by atoms with Crippen LogP contribution in [0, 0.1) is 0 Å². The Hall–Kier alpha value is -2.11. The number of aryl methyl sites for hydroxylation is 2. The van der Waals surface area contributed by atoms with Crippen molar-refractivity contribution >= 4 is 17.2 Å². The average Bonchev–Trinajstić information content (AvgIpc) is 2.62. The summed E-state index contributed by atoms with van der Waals surface area (Å²) in [5.41, 5.74) is 0.151. The van der Waals surface area contributed by atoms with E-state index in [0.29, 0.717) is 17.0 Å². The number of hydrogen-bond acceptors (Lipinski definition) is 3. The molecule has 6 nitrogen and oxygen atoms in total. The third-order valence-electron chi connectivity index (χ3n) is 2.83. The van der Waals surface area contributed by atoms with Crippen LogP contribution in [0.2, 0.25) is 0 Å². The van der Waals surface area contributed by atoms with Gasteiger partial charge in [0.25, 0.3) is 5.56 Å². The van der Waals surface area contributed by atoms with E-state index in [9.17, 15) is 9.59 Å². The third-order valence-corrected chi connectivity index (χ3v) is 2.83. The lowest BCUT2D eigenvalue weighted by atomic mass is 10.5. The lowest BCUT2D eigenvalue weighted by Gasteiger charge is -2.02. The summed E-state index contributed by atoms with van der Waals surface area (Å²) in [4.78, 5) is 28.0. The van der Waals surface area contributed by atoms with Gasteiger partial charge in [0.1, 0.15) is 5.82 Å². The predicted octanol–water partition coefficient (Wildman–Crippen LogP) is 0.00380. The summed E-state index contributed by atoms with van der Waals surface area (Å²) < 4.78 is 4.16. The van der Waals surface area contributed by atoms with Crippen molar-refractivity contribution in [3.05, 3.63) is 32.7 Å². The van der Waals surface area contributed by atoms with Crippen LogP contribution in [0.1, 0.15) is 12.7 Å². The summed E-state index contributed by atoms with van der Waals surface area (Å²) in [7, 11) is 4.83. The maximum atomic E-state index is 12.0. The second-order valence-electron chi connectivity index (χ2n) is 3.91. The number of fused-ring (bicyclic) bond motifs is 1. The molecule has 17 heavy (non-hydrogen) atoms. The Bertz CT molecular complexity index is 730. The van der Waals surface area contributed by atoms with Crippen molar-refractivity contribution in [2.24, 2.45) is 21.1 Å². The first-order valence-corrected chi connectivity index (χ1v) is 5.24. The van der Waals surface area contributed by atoms with Gasteiger partial charge in [-0.3, -0.25) is 13.9 Å². The molecule has 2 rings (SSSR count). The molecule has 0 aliphatic rings. The van der Waals surface area contributed by atoms with Crippen molar-refractivity contribution in [1.82, 2.24) is 18.7 Å². The second kappa shape index (κ2) is 3.73. The van der Waals surface area contributed by atoms with Crippen LogP contribution in [-0.2, 0) is 21.1 Å². The van der Waals surface area contributed by atoms with Gasteiger partial charge in [0.2, 0.25) is 0 Å². The summed E-state index contributed by atoms with van der Waals surface area (Å²) in [6.45, 7) is 1.87. The van der Waals surface area contributed by atoms with Gasteiger partial charge in [0.15, 0.2) is 11.2 Å². The molecule has 0 bridgehead atoms. The molecule has 0 N–H and O–H groups in total. The summed E-state index contributed by atoms with van der Waals surface area (Å²) in [5, 5.41) is 0. The molecule has 0 atom stereocenters. The highest BCUT2D eigenvalue weighted by atomic mass is 16.2. The lowest BCUT2D eigenvalue weighted by Crippen LogP contribution is -2.37. The highest BCUT2D eigenvalue weighted by Crippen LogP contribution is 2.09. The van der Waals surface area contributed by atoms with Crippen LogP contribution < -0.4 is 11.2 Å². The first kappa shape index (κ1) is 11.4. The van der Waals surface area contributed by atoms with Gasteiger partial charge in [-0.2, -0.15) is 0 Å². The molecule has 2 heterocycles. The molecule has 0 aromatic carbocycles. The molecule has 6 heteroatoms. The number of hydrogen-bond donors (Lipinski definition) is 0. The van der Waals surface area contributed by atoms with Crippen molar-refractivity contribution in [2.75, 3.05) is 0 Å². The summed E-state index contributed by atoms with van der Waals surface area (Å²) in [6.07, 6.45) is 3.63. The van der Waals surface area contributed by atoms with Gasteiger partial charge >= 0.3 is 5.69 Å². The topological polar surface area (TPSA) is 61.8 Å². The van der Waals surface area contributed by atoms with E-state index in [2.05, 4.69) is 4.98 Å². The van der Waals surface area contributed by atoms with Gasteiger partial charge < -0.3 is 4.57 Å². The Morgan fingerprint density at radius 1 is 1.06 bits per heavy atom. The van der Waals surface area contributed by atoms with E-state index >= 15 is 0 Å². The Balaban J connectivity index is 3.08. The van der Waals surface area contributed by atoms with E-state index in [0.717, 1.165) is 4.57 Å². The van der Waals surface area contributed by atoms with E-state index in [1.54, 1.807) is 24.7 Å². The van der Waals surface area contributed by atoms with Crippen molar-refractivity contribution < 1.29 is 0 Å². The molecule has 0 radical (unpaired) electrons. The van der Waals surface area contributed by atoms with Crippen molar-refractivity contribution in [3.63, 3.8) is 0 Å². The summed E-state index contributed by atoms with van der Waals surface area (Å²) in [6, 6.07) is 0. The van der Waals surface area contributed by atoms with Crippen LogP contribution in [0.3, 0.4) is 0 Å². The van der Waals surface area contributed by atoms with Crippen molar-refractivity contribution in [2.45, 2.75) is 6.92 Å². The Morgan fingerprint density at radius 2 is 1.71 bits per heavy atom. The highest BCUT2D eigenvalue weighted by Gasteiger charge is 2.15. The normalized spacial score (nSPS) is 11.8. The molecule has 0 unspecified atom stereocenters. The molecule has 0 fully saturated rings. The van der Waals surface area contributed by atoms with Gasteiger partial charge in [-0.05, 0) is 13.0 Å². The van der Waals surface area contributed by atoms with Crippen LogP contribution in [0.4, 0.5) is 0 Å². The lowest BCUT2D eigenvalue weighted by molar-refractivity contribution is 0.705. The predicted molar refractivity (Wildman–Crippen MR) is 65.9 cm³/mol. The molecule has 0 aliphatic carbocycles. The zero-order chi connectivity index (χ0) is 12.7. The van der Waals surface area contributed by atoms with Crippen LogP contribution in [0.5, 0.6) is 0 Å². The standard InChI is InChI=1S/C11H14N4O2/c1-5-6-7-12-9-8(13(7)2)10(16)15(4)11(17)14(9)3/h5-6H,1-4H3/b6-5-. The molecule has 0 saturated carbocycles. The molecule has 0 spiro atoms. The van der Waals surface area contributed by atoms with E-state index in [1.807, 2.05) is 13.0 Å². The zero-order valence-electron chi connectivity index (χ0n) is 10.3. The summed E-state index contributed by atoms with van der Waals surface area (Å²) in [5.74, 6) is 0.654. The molecule has 0 saturated heterocycles. The second-order valence-corrected chi connectivity index (χ2v) is 3.91. The summed E-state index contributed by atoms with van der Waals surface area (Å²) >= 11 is 0. The van der Waals surface area contributed by atoms with Gasteiger partial charge in [-0.1, -0.05) is 6.08 Å². The highest BCUT2D eigenvalue weighted by molar-refractivity contribution is 5.73. The number of rotatable bonds is 1. The fourth-order valence-corrected chi connectivity index (χ4v) is 1.83. The number of imidazole rings is 1. The molecule has 90 valence electrons. The minimum Gasteiger partial charge on any atom is -0.322 e. The zero-order valence-corrected chi connectivity index (χ0v) is 10.3. The monoisotopic (exact) mass is 234 g/mol. The van der Waals surface area contributed by atoms with E-state index in [1.165, 1.54) is 11.6 Å². The number of aromatic nitrogens is 4. The fraction of sp³-hybridized carbons (Fsp3) is 0.364. The maximum Gasteiger partial charge on any atom is 0.332 e. The Labute approximate surface area is 97.4 Å². The van der Waals surface area contributed by atoms with Crippen LogP contribution >= 0.6 is 0 Å². The van der Waals surface area contributed by atoms with Crippen molar-refractivity contribution in [3.8, 4) is 0 Å². The fourth-order valence-electron chi connectivity index (χ4n) is 1.83. The van der Waals surface area contributed by atoms with Crippen molar-refractivity contribution in [1.29, 1.82) is 0 Å². The smallest absolute Gasteiger partial charge is 0.322 e. The number of allylic oxidation sites excluding steroid dienone is 1. The number of nitrogens with zero attached hydrogens (tertiary/aromatic N) is 4. The first-order valence-electron chi connectivity index (χ1n) is 5.24. The molecule has 2 aromatic rings. The van der Waals surface area contributed by atoms with Crippen LogP contribution in [0.25, 0.3) is 17.2 Å². The minimum atomic E-state index is -0.368. The SMILES string of the molecule is C/C=C\c1nc2c(c(=O)n(C)c(=O)n2C)n1C. The van der Waals surface area contributed by atoms with E-state index < -0.39 is 0 Å². The van der Waals surface area contributed by atoms with Gasteiger partial charge in [0.05, 0.1) is 0 Å². The molecule has 0 amide bonds. The van der Waals surface area contributed by atoms with E-state index in [-0.39, 0.29) is 11.2 Å². The van der Waals surface area contributed by atoms with Gasteiger partial charge in [-0.25, -0.2) is 9.78 Å². The molecular formula is C11H14N4O2. The van der Waals surface area contributed by atoms with Crippen LogP contribution in [-0.4, -0.2) is 18.7 Å². The molecule has 0 aliphatic heterocycles. The molecular weight excluding hydrogens is 220 g/mol. The Kier molecular flexibility index (Phi) is 2.49. The maximum absolute atomic E-state index is 12.0. The quantitative estimate of drug-likeness (QED) is 0.698. The average molecular weight is 234 g/mol. The molecule has 2 aromatic heterocycles. The first-order chi connectivity index (χ1) is 7.99. The van der Waals surface area contributed by atoms with Gasteiger partial charge in [0, 0.05) is 21.1 Å². The minimum absolute atomic E-state index is 0.325.